The molecule has 154 valence electrons. The maximum absolute atomic E-state index is 13.3. The first kappa shape index (κ1) is 21.3. The summed E-state index contributed by atoms with van der Waals surface area (Å²) in [6.07, 6.45) is 1.73. The van der Waals surface area contributed by atoms with E-state index in [4.69, 9.17) is 0 Å². The van der Waals surface area contributed by atoms with Crippen molar-refractivity contribution < 1.29 is 4.79 Å². The van der Waals surface area contributed by atoms with Gasteiger partial charge in [-0.15, -0.1) is 0 Å². The first-order chi connectivity index (χ1) is 13.7. The van der Waals surface area contributed by atoms with Crippen LogP contribution in [0.15, 0.2) is 29.1 Å². The Hall–Kier alpha value is -2.41. The fraction of sp³-hybridized carbons (Fsp3) is 0.409. The zero-order valence-electron chi connectivity index (χ0n) is 17.5. The molecule has 2 heterocycles. The van der Waals surface area contributed by atoms with Crippen LogP contribution in [0.1, 0.15) is 66.1 Å². The van der Waals surface area contributed by atoms with E-state index in [2.05, 4.69) is 47.0 Å². The first-order valence-electron chi connectivity index (χ1n) is 9.91. The minimum Gasteiger partial charge on any atom is -0.326 e. The largest absolute Gasteiger partial charge is 0.326 e. The number of carbonyl (C=O) groups excluding carboxylic acids is 1. The van der Waals surface area contributed by atoms with Crippen LogP contribution < -0.4 is 5.56 Å². The molecular weight excluding hydrogens is 432 g/mol. The number of nitrogens with one attached hydrogen (secondary N) is 1. The second-order valence-corrected chi connectivity index (χ2v) is 8.54. The minimum absolute atomic E-state index is 0.146. The van der Waals surface area contributed by atoms with Crippen LogP contribution in [0.5, 0.6) is 0 Å². The molecule has 0 aliphatic carbocycles. The molecule has 1 amide bonds. The normalized spacial score (nSPS) is 11.4. The number of carbonyl (C=O) groups is 1. The summed E-state index contributed by atoms with van der Waals surface area (Å²) >= 11 is 3.40. The third-order valence-electron chi connectivity index (χ3n) is 5.03. The predicted octanol–water partition coefficient (Wildman–Crippen LogP) is 4.83. The molecule has 0 bridgehead atoms. The Morgan fingerprint density at radius 1 is 1.31 bits per heavy atom. The highest BCUT2D eigenvalue weighted by atomic mass is 79.9. The average molecular weight is 459 g/mol. The van der Waals surface area contributed by atoms with Crippen molar-refractivity contribution in [3.05, 3.63) is 62.7 Å². The molecule has 1 aromatic carbocycles. The number of rotatable bonds is 6. The van der Waals surface area contributed by atoms with Crippen molar-refractivity contribution in [1.29, 1.82) is 0 Å². The standard InChI is InChI=1S/C22H27BrN4O2/c1-6-8-16-11-14(4)24-21(28)18(16)12-26(23)22(29)17-9-7-10-19-20(17)15(5)25-27(19)13(2)3/h7,9-11,13H,6,8,12H2,1-5H3,(H,24,28). The Morgan fingerprint density at radius 2 is 2.03 bits per heavy atom. The van der Waals surface area contributed by atoms with Crippen molar-refractivity contribution in [2.75, 3.05) is 0 Å². The number of pyridine rings is 1. The van der Waals surface area contributed by atoms with Gasteiger partial charge in [-0.3, -0.25) is 18.2 Å². The van der Waals surface area contributed by atoms with Gasteiger partial charge in [0.25, 0.3) is 11.5 Å². The summed E-state index contributed by atoms with van der Waals surface area (Å²) in [5.41, 5.74) is 4.60. The van der Waals surface area contributed by atoms with Crippen molar-refractivity contribution in [3.63, 3.8) is 0 Å². The van der Waals surface area contributed by atoms with Gasteiger partial charge in [0.1, 0.15) is 0 Å². The van der Waals surface area contributed by atoms with Gasteiger partial charge in [-0.1, -0.05) is 19.4 Å². The molecule has 0 aliphatic rings. The SMILES string of the molecule is CCCc1cc(C)[nH]c(=O)c1CN(Br)C(=O)c1cccc2c1c(C)nn2C(C)C. The summed E-state index contributed by atoms with van der Waals surface area (Å²) in [5.74, 6) is -0.190. The Morgan fingerprint density at radius 3 is 2.69 bits per heavy atom. The number of aromatic amines is 1. The summed E-state index contributed by atoms with van der Waals surface area (Å²) in [4.78, 5) is 28.7. The van der Waals surface area contributed by atoms with Gasteiger partial charge in [0.05, 0.1) is 39.5 Å². The smallest absolute Gasteiger partial charge is 0.264 e. The van der Waals surface area contributed by atoms with Crippen molar-refractivity contribution in [2.24, 2.45) is 0 Å². The number of aromatic nitrogens is 3. The maximum Gasteiger partial charge on any atom is 0.264 e. The molecule has 0 unspecified atom stereocenters. The zero-order chi connectivity index (χ0) is 21.3. The van der Waals surface area contributed by atoms with Crippen LogP contribution in [0.25, 0.3) is 10.9 Å². The van der Waals surface area contributed by atoms with Gasteiger partial charge in [0.15, 0.2) is 0 Å². The van der Waals surface area contributed by atoms with Crippen molar-refractivity contribution in [2.45, 2.75) is 60.0 Å². The molecule has 3 aromatic rings. The number of amides is 1. The van der Waals surface area contributed by atoms with Gasteiger partial charge < -0.3 is 4.98 Å². The molecule has 0 spiro atoms. The van der Waals surface area contributed by atoms with Crippen LogP contribution in [0, 0.1) is 13.8 Å². The van der Waals surface area contributed by atoms with Gasteiger partial charge in [0, 0.05) is 22.7 Å². The van der Waals surface area contributed by atoms with Crippen molar-refractivity contribution in [1.82, 2.24) is 18.7 Å². The van der Waals surface area contributed by atoms with Gasteiger partial charge in [-0.05, 0) is 57.9 Å². The molecule has 1 N–H and O–H groups in total. The third kappa shape index (κ3) is 4.15. The molecule has 0 aliphatic heterocycles. The van der Waals surface area contributed by atoms with E-state index in [-0.39, 0.29) is 24.1 Å². The van der Waals surface area contributed by atoms with Crippen LogP contribution in [-0.2, 0) is 13.0 Å². The van der Waals surface area contributed by atoms with Crippen molar-refractivity contribution >= 4 is 33.0 Å². The molecule has 29 heavy (non-hydrogen) atoms. The first-order valence-corrected chi connectivity index (χ1v) is 10.6. The Kier molecular flexibility index (Phi) is 6.27. The summed E-state index contributed by atoms with van der Waals surface area (Å²) in [5, 5.41) is 5.46. The number of benzene rings is 1. The Bertz CT molecular complexity index is 1110. The van der Waals surface area contributed by atoms with E-state index >= 15 is 0 Å². The molecule has 0 atom stereocenters. The molecule has 0 radical (unpaired) electrons. The highest BCUT2D eigenvalue weighted by molar-refractivity contribution is 9.07. The lowest BCUT2D eigenvalue weighted by atomic mass is 10.0. The molecule has 2 aromatic heterocycles. The minimum atomic E-state index is -0.190. The molecule has 0 saturated carbocycles. The molecule has 6 nitrogen and oxygen atoms in total. The zero-order valence-corrected chi connectivity index (χ0v) is 19.1. The molecule has 7 heteroatoms. The number of halogens is 1. The number of aryl methyl sites for hydroxylation is 3. The van der Waals surface area contributed by atoms with Crippen LogP contribution in [0.3, 0.4) is 0 Å². The number of nitrogens with zero attached hydrogens (tertiary/aromatic N) is 3. The maximum atomic E-state index is 13.3. The monoisotopic (exact) mass is 458 g/mol. The van der Waals surface area contributed by atoms with E-state index in [0.29, 0.717) is 11.1 Å². The quantitative estimate of drug-likeness (QED) is 0.537. The Balaban J connectivity index is 2.00. The van der Waals surface area contributed by atoms with E-state index in [9.17, 15) is 9.59 Å². The second-order valence-electron chi connectivity index (χ2n) is 7.68. The van der Waals surface area contributed by atoms with Gasteiger partial charge in [-0.2, -0.15) is 5.10 Å². The predicted molar refractivity (Wildman–Crippen MR) is 119 cm³/mol. The Labute approximate surface area is 179 Å². The van der Waals surface area contributed by atoms with Crippen LogP contribution in [0.2, 0.25) is 0 Å². The lowest BCUT2D eigenvalue weighted by Crippen LogP contribution is -2.27. The average Bonchev–Trinajstić information content (AvgIpc) is 3.01. The van der Waals surface area contributed by atoms with E-state index in [1.165, 1.54) is 3.93 Å². The molecule has 0 fully saturated rings. The van der Waals surface area contributed by atoms with Gasteiger partial charge in [-0.25, -0.2) is 0 Å². The highest BCUT2D eigenvalue weighted by Gasteiger charge is 2.22. The molecule has 3 rings (SSSR count). The van der Waals surface area contributed by atoms with Gasteiger partial charge in [0.2, 0.25) is 0 Å². The fourth-order valence-electron chi connectivity index (χ4n) is 3.74. The van der Waals surface area contributed by atoms with E-state index in [0.717, 1.165) is 40.7 Å². The summed E-state index contributed by atoms with van der Waals surface area (Å²) < 4.78 is 3.37. The summed E-state index contributed by atoms with van der Waals surface area (Å²) in [7, 11) is 0. The highest BCUT2D eigenvalue weighted by Crippen LogP contribution is 2.27. The van der Waals surface area contributed by atoms with Crippen LogP contribution >= 0.6 is 16.1 Å². The molecular formula is C22H27BrN4O2. The lowest BCUT2D eigenvalue weighted by Gasteiger charge is -2.17. The fourth-order valence-corrected chi connectivity index (χ4v) is 4.18. The summed E-state index contributed by atoms with van der Waals surface area (Å²) in [6.45, 7) is 10.2. The number of hydrogen-bond donors (Lipinski definition) is 1. The van der Waals surface area contributed by atoms with E-state index in [1.807, 2.05) is 42.8 Å². The topological polar surface area (TPSA) is 71.0 Å². The van der Waals surface area contributed by atoms with Crippen LogP contribution in [0.4, 0.5) is 0 Å². The van der Waals surface area contributed by atoms with Gasteiger partial charge >= 0.3 is 0 Å². The third-order valence-corrected chi connectivity index (χ3v) is 5.60. The second kappa shape index (κ2) is 8.53. The molecule has 0 saturated heterocycles. The number of H-pyrrole nitrogens is 1. The summed E-state index contributed by atoms with van der Waals surface area (Å²) in [6, 6.07) is 7.85. The van der Waals surface area contributed by atoms with Crippen LogP contribution in [-0.4, -0.2) is 24.6 Å². The number of fused-ring (bicyclic) bond motifs is 1. The van der Waals surface area contributed by atoms with E-state index in [1.54, 1.807) is 0 Å². The number of hydrogen-bond acceptors (Lipinski definition) is 3. The van der Waals surface area contributed by atoms with E-state index < -0.39 is 0 Å². The lowest BCUT2D eigenvalue weighted by molar-refractivity contribution is 0.0874. The van der Waals surface area contributed by atoms with Crippen molar-refractivity contribution in [3.8, 4) is 0 Å².